The van der Waals surface area contributed by atoms with Crippen molar-refractivity contribution in [1.29, 1.82) is 0 Å². The van der Waals surface area contributed by atoms with Crippen molar-refractivity contribution < 1.29 is 4.74 Å². The van der Waals surface area contributed by atoms with E-state index in [9.17, 15) is 9.59 Å². The monoisotopic (exact) mass is 458 g/mol. The molecule has 0 saturated carbocycles. The largest absolute Gasteiger partial charge is 0.489 e. The predicted octanol–water partition coefficient (Wildman–Crippen LogP) is 4.40. The molecule has 7 nitrogen and oxygen atoms in total. The van der Waals surface area contributed by atoms with Crippen LogP contribution in [0.15, 0.2) is 52.1 Å². The Morgan fingerprint density at radius 2 is 1.52 bits per heavy atom. The Labute approximate surface area is 187 Å². The molecular weight excluding hydrogens is 439 g/mol. The number of H-pyrrole nitrogens is 4. The third kappa shape index (κ3) is 4.19. The van der Waals surface area contributed by atoms with Gasteiger partial charge in [0.15, 0.2) is 0 Å². The molecule has 4 aromatic rings. The Balaban J connectivity index is 1.73. The Morgan fingerprint density at radius 3 is 2.06 bits per heavy atom. The third-order valence-corrected chi connectivity index (χ3v) is 5.79. The summed E-state index contributed by atoms with van der Waals surface area (Å²) in [6.07, 6.45) is 0. The fourth-order valence-electron chi connectivity index (χ4n) is 3.67. The van der Waals surface area contributed by atoms with Gasteiger partial charge in [0.05, 0.1) is 11.1 Å². The van der Waals surface area contributed by atoms with E-state index >= 15 is 0 Å². The second kappa shape index (κ2) is 8.53. The van der Waals surface area contributed by atoms with Gasteiger partial charge in [-0.25, -0.2) is 0 Å². The van der Waals surface area contributed by atoms with Crippen LogP contribution < -0.4 is 15.9 Å². The zero-order valence-electron chi connectivity index (χ0n) is 16.8. The molecule has 2 aromatic heterocycles. The summed E-state index contributed by atoms with van der Waals surface area (Å²) in [5.74, 6) is 0.00965. The first-order valence-corrected chi connectivity index (χ1v) is 10.3. The second-order valence-electron chi connectivity index (χ2n) is 7.27. The Bertz CT molecular complexity index is 1300. The van der Waals surface area contributed by atoms with Crippen LogP contribution in [-0.2, 0) is 6.61 Å². The first-order valence-electron chi connectivity index (χ1n) is 9.56. The number of ether oxygens (including phenoxy) is 1. The average molecular weight is 459 g/mol. The third-order valence-electron chi connectivity index (χ3n) is 5.20. The van der Waals surface area contributed by atoms with E-state index in [0.717, 1.165) is 11.1 Å². The molecule has 4 rings (SSSR count). The van der Waals surface area contributed by atoms with Crippen LogP contribution in [0.25, 0.3) is 0 Å². The average Bonchev–Trinajstić information content (AvgIpc) is 3.24. The molecule has 0 spiro atoms. The number of aromatic amines is 4. The zero-order valence-corrected chi connectivity index (χ0v) is 18.3. The number of aromatic nitrogens is 4. The first kappa shape index (κ1) is 21.1. The molecule has 0 aliphatic rings. The molecule has 0 aliphatic heterocycles. The smallest absolute Gasteiger partial charge is 0.268 e. The lowest BCUT2D eigenvalue weighted by molar-refractivity contribution is 0.306. The normalized spacial score (nSPS) is 11.3. The summed E-state index contributed by atoms with van der Waals surface area (Å²) in [6, 6.07) is 12.6. The SMILES string of the molecule is Cc1[nH][nH]c(=O)c1C(c1cccc(OCc2ccc(Cl)cc2Cl)c1)c1c(C)[nH][nH]c1=O. The topological polar surface area (TPSA) is 107 Å². The van der Waals surface area contributed by atoms with Crippen LogP contribution in [0.1, 0.15) is 39.6 Å². The van der Waals surface area contributed by atoms with Crippen molar-refractivity contribution in [2.45, 2.75) is 26.4 Å². The van der Waals surface area contributed by atoms with Crippen LogP contribution >= 0.6 is 23.2 Å². The second-order valence-corrected chi connectivity index (χ2v) is 8.11. The molecule has 2 aromatic carbocycles. The number of aryl methyl sites for hydroxylation is 2. The van der Waals surface area contributed by atoms with Gasteiger partial charge in [-0.3, -0.25) is 19.8 Å². The highest BCUT2D eigenvalue weighted by molar-refractivity contribution is 6.35. The van der Waals surface area contributed by atoms with Gasteiger partial charge >= 0.3 is 0 Å². The van der Waals surface area contributed by atoms with Crippen LogP contribution in [0.3, 0.4) is 0 Å². The molecule has 9 heteroatoms. The minimum absolute atomic E-state index is 0.248. The van der Waals surface area contributed by atoms with Gasteiger partial charge in [-0.15, -0.1) is 0 Å². The molecule has 2 heterocycles. The number of benzene rings is 2. The van der Waals surface area contributed by atoms with Gasteiger partial charge in [-0.2, -0.15) is 0 Å². The van der Waals surface area contributed by atoms with E-state index in [2.05, 4.69) is 20.4 Å². The summed E-state index contributed by atoms with van der Waals surface area (Å²) in [5, 5.41) is 12.0. The summed E-state index contributed by atoms with van der Waals surface area (Å²) < 4.78 is 5.94. The van der Waals surface area contributed by atoms with E-state index in [1.54, 1.807) is 26.0 Å². The minimum atomic E-state index is -0.576. The number of hydrogen-bond donors (Lipinski definition) is 4. The number of hydrogen-bond acceptors (Lipinski definition) is 3. The van der Waals surface area contributed by atoms with E-state index in [1.165, 1.54) is 0 Å². The lowest BCUT2D eigenvalue weighted by atomic mass is 9.85. The maximum atomic E-state index is 12.6. The van der Waals surface area contributed by atoms with Gasteiger partial charge in [-0.05, 0) is 43.7 Å². The molecule has 0 amide bonds. The number of halogens is 2. The van der Waals surface area contributed by atoms with E-state index < -0.39 is 5.92 Å². The van der Waals surface area contributed by atoms with Gasteiger partial charge in [0, 0.05) is 32.9 Å². The highest BCUT2D eigenvalue weighted by Crippen LogP contribution is 2.33. The minimum Gasteiger partial charge on any atom is -0.489 e. The van der Waals surface area contributed by atoms with Crippen molar-refractivity contribution in [2.75, 3.05) is 0 Å². The molecule has 0 saturated heterocycles. The quantitative estimate of drug-likeness (QED) is 0.343. The lowest BCUT2D eigenvalue weighted by Crippen LogP contribution is -2.20. The van der Waals surface area contributed by atoms with Crippen molar-refractivity contribution in [3.8, 4) is 5.75 Å². The molecule has 0 bridgehead atoms. The molecule has 4 N–H and O–H groups in total. The van der Waals surface area contributed by atoms with Crippen molar-refractivity contribution in [1.82, 2.24) is 20.4 Å². The number of rotatable bonds is 6. The van der Waals surface area contributed by atoms with E-state index in [4.69, 9.17) is 27.9 Å². The molecule has 0 atom stereocenters. The van der Waals surface area contributed by atoms with Gasteiger partial charge in [0.25, 0.3) is 11.1 Å². The molecule has 0 aliphatic carbocycles. The highest BCUT2D eigenvalue weighted by Gasteiger charge is 2.28. The van der Waals surface area contributed by atoms with Gasteiger partial charge in [0.2, 0.25) is 0 Å². The van der Waals surface area contributed by atoms with Crippen molar-refractivity contribution in [3.05, 3.63) is 107 Å². The fraction of sp³-hybridized carbons (Fsp3) is 0.182. The zero-order chi connectivity index (χ0) is 22.1. The lowest BCUT2D eigenvalue weighted by Gasteiger charge is -2.17. The van der Waals surface area contributed by atoms with Gasteiger partial charge in [-0.1, -0.05) is 41.4 Å². The van der Waals surface area contributed by atoms with Gasteiger partial charge in [0.1, 0.15) is 12.4 Å². The Hall–Kier alpha value is -3.16. The highest BCUT2D eigenvalue weighted by atomic mass is 35.5. The molecule has 0 unspecified atom stereocenters. The van der Waals surface area contributed by atoms with Crippen LogP contribution in [0.4, 0.5) is 0 Å². The van der Waals surface area contributed by atoms with Crippen molar-refractivity contribution in [2.24, 2.45) is 0 Å². The Kier molecular flexibility index (Phi) is 5.80. The fourth-order valence-corrected chi connectivity index (χ4v) is 4.13. The molecule has 160 valence electrons. The summed E-state index contributed by atoms with van der Waals surface area (Å²) in [7, 11) is 0. The predicted molar refractivity (Wildman–Crippen MR) is 120 cm³/mol. The van der Waals surface area contributed by atoms with Gasteiger partial charge < -0.3 is 14.9 Å². The number of nitrogens with one attached hydrogen (secondary N) is 4. The maximum absolute atomic E-state index is 12.6. The molecule has 0 fully saturated rings. The first-order chi connectivity index (χ1) is 14.8. The van der Waals surface area contributed by atoms with Crippen LogP contribution in [0, 0.1) is 13.8 Å². The Morgan fingerprint density at radius 1 is 0.871 bits per heavy atom. The van der Waals surface area contributed by atoms with Crippen molar-refractivity contribution in [3.63, 3.8) is 0 Å². The van der Waals surface area contributed by atoms with Crippen LogP contribution in [0.5, 0.6) is 5.75 Å². The van der Waals surface area contributed by atoms with E-state index in [1.807, 2.05) is 30.3 Å². The standard InChI is InChI=1S/C22H20Cl2N4O3/c1-11-18(21(29)27-25-11)20(19-12(2)26-28-22(19)30)13-4-3-5-16(8-13)31-10-14-6-7-15(23)9-17(14)24/h3-9,20H,10H2,1-2H3,(H2,25,27,29)(H2,26,28,30). The van der Waals surface area contributed by atoms with Crippen molar-refractivity contribution >= 4 is 23.2 Å². The maximum Gasteiger partial charge on any atom is 0.268 e. The summed E-state index contributed by atoms with van der Waals surface area (Å²) in [4.78, 5) is 25.1. The van der Waals surface area contributed by atoms with E-state index in [-0.39, 0.29) is 17.7 Å². The summed E-state index contributed by atoms with van der Waals surface area (Å²) in [5.41, 5.74) is 3.27. The van der Waals surface area contributed by atoms with Crippen LogP contribution in [-0.4, -0.2) is 20.4 Å². The summed E-state index contributed by atoms with van der Waals surface area (Å²) in [6.45, 7) is 3.83. The molecule has 0 radical (unpaired) electrons. The molecular formula is C22H20Cl2N4O3. The van der Waals surface area contributed by atoms with Crippen LogP contribution in [0.2, 0.25) is 10.0 Å². The molecule has 31 heavy (non-hydrogen) atoms. The van der Waals surface area contributed by atoms with E-state index in [0.29, 0.717) is 38.3 Å². The summed E-state index contributed by atoms with van der Waals surface area (Å²) >= 11 is 12.2.